The van der Waals surface area contributed by atoms with Crippen molar-refractivity contribution in [1.82, 2.24) is 0 Å². The van der Waals surface area contributed by atoms with Crippen molar-refractivity contribution in [2.24, 2.45) is 17.1 Å². The summed E-state index contributed by atoms with van der Waals surface area (Å²) in [6, 6.07) is 0.402. The second kappa shape index (κ2) is 5.64. The molecule has 2 unspecified atom stereocenters. The SMILES string of the molecule is CCCC(C)C(N)CCC(C)(C)C. The summed E-state index contributed by atoms with van der Waals surface area (Å²) in [5.74, 6) is 0.687. The molecule has 0 heterocycles. The van der Waals surface area contributed by atoms with Crippen LogP contribution in [-0.4, -0.2) is 6.04 Å². The normalized spacial score (nSPS) is 17.1. The lowest BCUT2D eigenvalue weighted by Crippen LogP contribution is -2.29. The Labute approximate surface area is 84.1 Å². The van der Waals surface area contributed by atoms with E-state index in [0.29, 0.717) is 17.4 Å². The molecule has 0 amide bonds. The third kappa shape index (κ3) is 7.06. The van der Waals surface area contributed by atoms with Gasteiger partial charge in [-0.1, -0.05) is 41.0 Å². The maximum Gasteiger partial charge on any atom is 0.00647 e. The molecule has 80 valence electrons. The maximum absolute atomic E-state index is 6.11. The minimum absolute atomic E-state index is 0.402. The Morgan fingerprint density at radius 2 is 1.69 bits per heavy atom. The highest BCUT2D eigenvalue weighted by Crippen LogP contribution is 2.23. The molecule has 0 aromatic rings. The second-order valence-electron chi connectivity index (χ2n) is 5.53. The smallest absolute Gasteiger partial charge is 0.00647 e. The molecule has 13 heavy (non-hydrogen) atoms. The highest BCUT2D eigenvalue weighted by molar-refractivity contribution is 4.72. The molecule has 0 saturated carbocycles. The maximum atomic E-state index is 6.11. The van der Waals surface area contributed by atoms with Crippen molar-refractivity contribution >= 4 is 0 Å². The van der Waals surface area contributed by atoms with Gasteiger partial charge in [0, 0.05) is 6.04 Å². The van der Waals surface area contributed by atoms with E-state index in [4.69, 9.17) is 5.73 Å². The van der Waals surface area contributed by atoms with E-state index in [-0.39, 0.29) is 0 Å². The molecule has 0 bridgehead atoms. The molecule has 1 heteroatoms. The first kappa shape index (κ1) is 13.0. The minimum atomic E-state index is 0.402. The van der Waals surface area contributed by atoms with Crippen molar-refractivity contribution in [1.29, 1.82) is 0 Å². The predicted octanol–water partition coefficient (Wildman–Crippen LogP) is 3.58. The summed E-state index contributed by atoms with van der Waals surface area (Å²) in [5.41, 5.74) is 6.54. The molecule has 0 radical (unpaired) electrons. The number of hydrogen-bond donors (Lipinski definition) is 1. The van der Waals surface area contributed by atoms with Gasteiger partial charge >= 0.3 is 0 Å². The topological polar surface area (TPSA) is 26.0 Å². The molecule has 1 nitrogen and oxygen atoms in total. The first-order valence-corrected chi connectivity index (χ1v) is 5.62. The van der Waals surface area contributed by atoms with Crippen LogP contribution < -0.4 is 5.73 Å². The fourth-order valence-corrected chi connectivity index (χ4v) is 1.55. The minimum Gasteiger partial charge on any atom is -0.327 e. The van der Waals surface area contributed by atoms with Crippen LogP contribution in [0.1, 0.15) is 60.3 Å². The van der Waals surface area contributed by atoms with Crippen LogP contribution in [0, 0.1) is 11.3 Å². The van der Waals surface area contributed by atoms with Crippen molar-refractivity contribution in [3.8, 4) is 0 Å². The molecule has 0 fully saturated rings. The Balaban J connectivity index is 3.67. The molecule has 0 aliphatic rings. The van der Waals surface area contributed by atoms with Gasteiger partial charge in [-0.3, -0.25) is 0 Å². The molecular formula is C12H27N. The zero-order chi connectivity index (χ0) is 10.5. The van der Waals surface area contributed by atoms with Gasteiger partial charge in [0.15, 0.2) is 0 Å². The van der Waals surface area contributed by atoms with E-state index >= 15 is 0 Å². The lowest BCUT2D eigenvalue weighted by Gasteiger charge is -2.24. The average Bonchev–Trinajstić information content (AvgIpc) is 1.99. The summed E-state index contributed by atoms with van der Waals surface area (Å²) in [6.45, 7) is 11.3. The zero-order valence-corrected chi connectivity index (χ0v) is 10.1. The van der Waals surface area contributed by atoms with Crippen LogP contribution in [0.2, 0.25) is 0 Å². The first-order chi connectivity index (χ1) is 5.87. The summed E-state index contributed by atoms with van der Waals surface area (Å²) < 4.78 is 0. The van der Waals surface area contributed by atoms with E-state index in [1.807, 2.05) is 0 Å². The van der Waals surface area contributed by atoms with Crippen LogP contribution in [0.25, 0.3) is 0 Å². The molecule has 2 N–H and O–H groups in total. The van der Waals surface area contributed by atoms with E-state index < -0.39 is 0 Å². The Hall–Kier alpha value is -0.0400. The first-order valence-electron chi connectivity index (χ1n) is 5.62. The van der Waals surface area contributed by atoms with Crippen molar-refractivity contribution in [2.45, 2.75) is 66.3 Å². The second-order valence-corrected chi connectivity index (χ2v) is 5.53. The fourth-order valence-electron chi connectivity index (χ4n) is 1.55. The Morgan fingerprint density at radius 1 is 1.15 bits per heavy atom. The van der Waals surface area contributed by atoms with Crippen LogP contribution in [0.4, 0.5) is 0 Å². The van der Waals surface area contributed by atoms with Crippen LogP contribution in [0.3, 0.4) is 0 Å². The van der Waals surface area contributed by atoms with Gasteiger partial charge in [0.05, 0.1) is 0 Å². The van der Waals surface area contributed by atoms with Crippen LogP contribution in [-0.2, 0) is 0 Å². The van der Waals surface area contributed by atoms with Crippen LogP contribution in [0.5, 0.6) is 0 Å². The standard InChI is InChI=1S/C12H27N/c1-6-7-10(2)11(13)8-9-12(3,4)5/h10-11H,6-9,13H2,1-5H3. The highest BCUT2D eigenvalue weighted by atomic mass is 14.6. The third-order valence-electron chi connectivity index (χ3n) is 2.70. The lowest BCUT2D eigenvalue weighted by molar-refractivity contribution is 0.311. The van der Waals surface area contributed by atoms with Crippen LogP contribution >= 0.6 is 0 Å². The molecule has 0 aliphatic heterocycles. The highest BCUT2D eigenvalue weighted by Gasteiger charge is 2.16. The van der Waals surface area contributed by atoms with Crippen molar-refractivity contribution < 1.29 is 0 Å². The van der Waals surface area contributed by atoms with Gasteiger partial charge in [-0.15, -0.1) is 0 Å². The van der Waals surface area contributed by atoms with Gasteiger partial charge in [0.2, 0.25) is 0 Å². The summed E-state index contributed by atoms with van der Waals surface area (Å²) in [5, 5.41) is 0. The number of rotatable bonds is 5. The van der Waals surface area contributed by atoms with E-state index in [1.54, 1.807) is 0 Å². The Kier molecular flexibility index (Phi) is 5.62. The summed E-state index contributed by atoms with van der Waals surface area (Å²) in [4.78, 5) is 0. The summed E-state index contributed by atoms with van der Waals surface area (Å²) in [7, 11) is 0. The Bertz CT molecular complexity index is 124. The molecule has 0 aromatic carbocycles. The van der Waals surface area contributed by atoms with Crippen LogP contribution in [0.15, 0.2) is 0 Å². The number of hydrogen-bond acceptors (Lipinski definition) is 1. The third-order valence-corrected chi connectivity index (χ3v) is 2.70. The van der Waals surface area contributed by atoms with Gasteiger partial charge in [-0.05, 0) is 30.6 Å². The van der Waals surface area contributed by atoms with Gasteiger partial charge in [-0.2, -0.15) is 0 Å². The summed E-state index contributed by atoms with van der Waals surface area (Å²) >= 11 is 0. The average molecular weight is 185 g/mol. The molecule has 0 rings (SSSR count). The quantitative estimate of drug-likeness (QED) is 0.696. The fraction of sp³-hybridized carbons (Fsp3) is 1.00. The molecular weight excluding hydrogens is 158 g/mol. The summed E-state index contributed by atoms with van der Waals surface area (Å²) in [6.07, 6.45) is 4.93. The van der Waals surface area contributed by atoms with E-state index in [0.717, 1.165) is 0 Å². The van der Waals surface area contributed by atoms with Gasteiger partial charge in [0.25, 0.3) is 0 Å². The predicted molar refractivity (Wildman–Crippen MR) is 60.7 cm³/mol. The van der Waals surface area contributed by atoms with E-state index in [2.05, 4.69) is 34.6 Å². The molecule has 0 aliphatic carbocycles. The molecule has 0 aromatic heterocycles. The van der Waals surface area contributed by atoms with Crippen molar-refractivity contribution in [2.75, 3.05) is 0 Å². The Morgan fingerprint density at radius 3 is 2.08 bits per heavy atom. The van der Waals surface area contributed by atoms with Gasteiger partial charge in [-0.25, -0.2) is 0 Å². The van der Waals surface area contributed by atoms with E-state index in [9.17, 15) is 0 Å². The molecule has 0 saturated heterocycles. The number of nitrogens with two attached hydrogens (primary N) is 1. The largest absolute Gasteiger partial charge is 0.327 e. The monoisotopic (exact) mass is 185 g/mol. The van der Waals surface area contributed by atoms with Gasteiger partial charge < -0.3 is 5.73 Å². The van der Waals surface area contributed by atoms with Crippen molar-refractivity contribution in [3.05, 3.63) is 0 Å². The van der Waals surface area contributed by atoms with Crippen molar-refractivity contribution in [3.63, 3.8) is 0 Å². The van der Waals surface area contributed by atoms with E-state index in [1.165, 1.54) is 25.7 Å². The molecule has 2 atom stereocenters. The van der Waals surface area contributed by atoms with Gasteiger partial charge in [0.1, 0.15) is 0 Å². The zero-order valence-electron chi connectivity index (χ0n) is 10.1. The molecule has 0 spiro atoms. The lowest BCUT2D eigenvalue weighted by atomic mass is 9.85.